The fourth-order valence-electron chi connectivity index (χ4n) is 3.87. The summed E-state index contributed by atoms with van der Waals surface area (Å²) in [4.78, 5) is 39.1. The third kappa shape index (κ3) is 6.85. The molecule has 0 atom stereocenters. The average molecular weight is 499 g/mol. The Hall–Kier alpha value is -4.39. The summed E-state index contributed by atoms with van der Waals surface area (Å²) in [6.45, 7) is 3.21. The number of carbonyl (C=O) groups excluding carboxylic acids is 3. The smallest absolute Gasteiger partial charge is 0.335 e. The summed E-state index contributed by atoms with van der Waals surface area (Å²) >= 11 is 0. The Morgan fingerprint density at radius 1 is 0.784 bits per heavy atom. The lowest BCUT2D eigenvalue weighted by Crippen LogP contribution is -2.54. The van der Waals surface area contributed by atoms with Gasteiger partial charge in [0.25, 0.3) is 11.8 Å². The Kier molecular flexibility index (Phi) is 8.70. The zero-order valence-corrected chi connectivity index (χ0v) is 20.8. The first kappa shape index (κ1) is 25.7. The second-order valence-corrected chi connectivity index (χ2v) is 8.70. The molecule has 1 saturated heterocycles. The third-order valence-corrected chi connectivity index (χ3v) is 5.90. The van der Waals surface area contributed by atoms with Crippen LogP contribution >= 0.6 is 0 Å². The SMILES string of the molecule is CCCCCCOc1ccc(C=C2C(=O)NC(=O)N(c3ccc(OCc4ccccc4)cc3)C2=O)cc1. The Bertz CT molecular complexity index is 1250. The number of unbranched alkanes of at least 4 members (excludes halogenated alkanes) is 3. The van der Waals surface area contributed by atoms with E-state index in [1.165, 1.54) is 18.9 Å². The van der Waals surface area contributed by atoms with Crippen LogP contribution in [0.4, 0.5) is 10.5 Å². The van der Waals surface area contributed by atoms with Crippen LogP contribution in [0.15, 0.2) is 84.4 Å². The minimum atomic E-state index is -0.795. The van der Waals surface area contributed by atoms with Gasteiger partial charge < -0.3 is 9.47 Å². The number of amides is 4. The number of ether oxygens (including phenoxy) is 2. The number of anilines is 1. The standard InChI is InChI=1S/C30H30N2O5/c1-2-3-4-8-19-36-25-15-11-22(12-16-25)20-27-28(33)31-30(35)32(29(27)34)24-13-17-26(18-14-24)37-21-23-9-6-5-7-10-23/h5-7,9-18,20H,2-4,8,19,21H2,1H3,(H,31,33,35). The van der Waals surface area contributed by atoms with Gasteiger partial charge in [0.05, 0.1) is 12.3 Å². The van der Waals surface area contributed by atoms with Gasteiger partial charge in [0, 0.05) is 0 Å². The van der Waals surface area contributed by atoms with Crippen LogP contribution in [0.1, 0.15) is 43.7 Å². The summed E-state index contributed by atoms with van der Waals surface area (Å²) in [5.41, 5.74) is 1.88. The predicted octanol–water partition coefficient (Wildman–Crippen LogP) is 5.89. The summed E-state index contributed by atoms with van der Waals surface area (Å²) in [5, 5.41) is 2.25. The van der Waals surface area contributed by atoms with Gasteiger partial charge in [-0.15, -0.1) is 0 Å². The van der Waals surface area contributed by atoms with E-state index in [2.05, 4.69) is 12.2 Å². The molecular formula is C30H30N2O5. The van der Waals surface area contributed by atoms with Gasteiger partial charge in [-0.1, -0.05) is 68.7 Å². The minimum Gasteiger partial charge on any atom is -0.494 e. The maximum Gasteiger partial charge on any atom is 0.335 e. The van der Waals surface area contributed by atoms with E-state index in [1.807, 2.05) is 30.3 Å². The molecule has 1 fully saturated rings. The number of nitrogens with one attached hydrogen (secondary N) is 1. The van der Waals surface area contributed by atoms with E-state index in [9.17, 15) is 14.4 Å². The van der Waals surface area contributed by atoms with Crippen molar-refractivity contribution in [3.63, 3.8) is 0 Å². The Labute approximate surface area is 216 Å². The van der Waals surface area contributed by atoms with Gasteiger partial charge in [-0.3, -0.25) is 14.9 Å². The van der Waals surface area contributed by atoms with E-state index >= 15 is 0 Å². The minimum absolute atomic E-state index is 0.128. The van der Waals surface area contributed by atoms with Gasteiger partial charge in [-0.2, -0.15) is 0 Å². The zero-order chi connectivity index (χ0) is 26.0. The van der Waals surface area contributed by atoms with Crippen molar-refractivity contribution >= 4 is 29.6 Å². The number of carbonyl (C=O) groups is 3. The molecule has 1 heterocycles. The molecule has 3 aromatic carbocycles. The molecular weight excluding hydrogens is 468 g/mol. The number of rotatable bonds is 11. The highest BCUT2D eigenvalue weighted by Gasteiger charge is 2.36. The van der Waals surface area contributed by atoms with Crippen molar-refractivity contribution < 1.29 is 23.9 Å². The monoisotopic (exact) mass is 498 g/mol. The van der Waals surface area contributed by atoms with Crippen molar-refractivity contribution in [2.45, 2.75) is 39.2 Å². The van der Waals surface area contributed by atoms with E-state index in [1.54, 1.807) is 48.5 Å². The van der Waals surface area contributed by atoms with Crippen molar-refractivity contribution in [1.82, 2.24) is 5.32 Å². The molecule has 7 nitrogen and oxygen atoms in total. The maximum atomic E-state index is 13.2. The van der Waals surface area contributed by atoms with Crippen molar-refractivity contribution in [2.75, 3.05) is 11.5 Å². The quantitative estimate of drug-likeness (QED) is 0.202. The van der Waals surface area contributed by atoms with Crippen LogP contribution in [-0.4, -0.2) is 24.5 Å². The number of hydrogen-bond donors (Lipinski definition) is 1. The molecule has 0 bridgehead atoms. The number of barbiturate groups is 1. The molecule has 7 heteroatoms. The fraction of sp³-hybridized carbons (Fsp3) is 0.233. The first-order chi connectivity index (χ1) is 18.0. The van der Waals surface area contributed by atoms with Gasteiger partial charge in [-0.05, 0) is 60.0 Å². The molecule has 0 aromatic heterocycles. The third-order valence-electron chi connectivity index (χ3n) is 5.90. The molecule has 3 aromatic rings. The van der Waals surface area contributed by atoms with Crippen LogP contribution in [0.3, 0.4) is 0 Å². The van der Waals surface area contributed by atoms with Crippen molar-refractivity contribution in [1.29, 1.82) is 0 Å². The van der Waals surface area contributed by atoms with Gasteiger partial charge in [0.15, 0.2) is 0 Å². The molecule has 190 valence electrons. The van der Waals surface area contributed by atoms with E-state index in [0.717, 1.165) is 29.1 Å². The molecule has 1 aliphatic heterocycles. The van der Waals surface area contributed by atoms with Crippen LogP contribution in [0.5, 0.6) is 11.5 Å². The highest BCUT2D eigenvalue weighted by Crippen LogP contribution is 2.25. The topological polar surface area (TPSA) is 84.9 Å². The lowest BCUT2D eigenvalue weighted by Gasteiger charge is -2.26. The molecule has 0 radical (unpaired) electrons. The molecule has 0 spiro atoms. The zero-order valence-electron chi connectivity index (χ0n) is 20.8. The second kappa shape index (κ2) is 12.5. The molecule has 0 saturated carbocycles. The molecule has 0 unspecified atom stereocenters. The summed E-state index contributed by atoms with van der Waals surface area (Å²) in [6, 6.07) is 22.7. The first-order valence-corrected chi connectivity index (χ1v) is 12.5. The van der Waals surface area contributed by atoms with Crippen LogP contribution in [0.2, 0.25) is 0 Å². The van der Waals surface area contributed by atoms with Gasteiger partial charge in [-0.25, -0.2) is 9.69 Å². The van der Waals surface area contributed by atoms with E-state index in [0.29, 0.717) is 30.2 Å². The summed E-state index contributed by atoms with van der Waals surface area (Å²) in [6.07, 6.45) is 5.97. The highest BCUT2D eigenvalue weighted by atomic mass is 16.5. The highest BCUT2D eigenvalue weighted by molar-refractivity contribution is 6.39. The van der Waals surface area contributed by atoms with Crippen molar-refractivity contribution in [2.24, 2.45) is 0 Å². The van der Waals surface area contributed by atoms with Crippen LogP contribution in [0, 0.1) is 0 Å². The van der Waals surface area contributed by atoms with Crippen LogP contribution < -0.4 is 19.7 Å². The Morgan fingerprint density at radius 3 is 2.16 bits per heavy atom. The molecule has 4 rings (SSSR count). The van der Waals surface area contributed by atoms with Crippen LogP contribution in [0.25, 0.3) is 6.08 Å². The Balaban J connectivity index is 1.42. The summed E-state index contributed by atoms with van der Waals surface area (Å²) in [5.74, 6) is -0.102. The van der Waals surface area contributed by atoms with E-state index < -0.39 is 17.8 Å². The second-order valence-electron chi connectivity index (χ2n) is 8.70. The van der Waals surface area contributed by atoms with E-state index in [4.69, 9.17) is 9.47 Å². The number of nitrogens with zero attached hydrogens (tertiary/aromatic N) is 1. The Morgan fingerprint density at radius 2 is 1.46 bits per heavy atom. The molecule has 1 N–H and O–H groups in total. The maximum absolute atomic E-state index is 13.2. The van der Waals surface area contributed by atoms with Gasteiger partial charge in [0.1, 0.15) is 23.7 Å². The average Bonchev–Trinajstić information content (AvgIpc) is 2.92. The molecule has 4 amide bonds. The largest absolute Gasteiger partial charge is 0.494 e. The normalized spacial score (nSPS) is 14.6. The van der Waals surface area contributed by atoms with Crippen molar-refractivity contribution in [3.05, 3.63) is 95.6 Å². The number of hydrogen-bond acceptors (Lipinski definition) is 5. The van der Waals surface area contributed by atoms with Gasteiger partial charge >= 0.3 is 6.03 Å². The van der Waals surface area contributed by atoms with Crippen molar-refractivity contribution in [3.8, 4) is 11.5 Å². The van der Waals surface area contributed by atoms with Crippen LogP contribution in [-0.2, 0) is 16.2 Å². The number of urea groups is 1. The lowest BCUT2D eigenvalue weighted by atomic mass is 10.1. The number of imide groups is 2. The van der Waals surface area contributed by atoms with Gasteiger partial charge in [0.2, 0.25) is 0 Å². The summed E-state index contributed by atoms with van der Waals surface area (Å²) < 4.78 is 11.5. The molecule has 1 aliphatic rings. The predicted molar refractivity (Wildman–Crippen MR) is 142 cm³/mol. The number of benzene rings is 3. The molecule has 0 aliphatic carbocycles. The summed E-state index contributed by atoms with van der Waals surface area (Å²) in [7, 11) is 0. The lowest BCUT2D eigenvalue weighted by molar-refractivity contribution is -0.122. The fourth-order valence-corrected chi connectivity index (χ4v) is 3.87. The van der Waals surface area contributed by atoms with E-state index in [-0.39, 0.29) is 5.57 Å². The first-order valence-electron chi connectivity index (χ1n) is 12.5. The molecule has 37 heavy (non-hydrogen) atoms.